The molecule has 2 saturated carbocycles. The van der Waals surface area contributed by atoms with Crippen LogP contribution < -0.4 is 10.6 Å². The largest absolute Gasteiger partial charge is 0.353 e. The highest BCUT2D eigenvalue weighted by Crippen LogP contribution is 2.29. The molecule has 5 nitrogen and oxygen atoms in total. The molecule has 2 rings (SSSR count). The molecule has 0 aromatic rings. The first-order chi connectivity index (χ1) is 9.97. The van der Waals surface area contributed by atoms with E-state index in [0.717, 1.165) is 5.96 Å². The summed E-state index contributed by atoms with van der Waals surface area (Å²) in [6.45, 7) is 4.76. The number of rotatable bonds is 4. The van der Waals surface area contributed by atoms with Crippen molar-refractivity contribution in [2.75, 3.05) is 20.6 Å². The summed E-state index contributed by atoms with van der Waals surface area (Å²) in [5.41, 5.74) is 0. The third-order valence-electron chi connectivity index (χ3n) is 4.74. The van der Waals surface area contributed by atoms with Gasteiger partial charge in [0.25, 0.3) is 0 Å². The third-order valence-corrected chi connectivity index (χ3v) is 4.74. The van der Waals surface area contributed by atoms with E-state index in [9.17, 15) is 4.79 Å². The van der Waals surface area contributed by atoms with Crippen molar-refractivity contribution in [1.82, 2.24) is 15.5 Å². The number of hydrogen-bond acceptors (Lipinski definition) is 2. The van der Waals surface area contributed by atoms with E-state index in [-0.39, 0.29) is 12.5 Å². The second kappa shape index (κ2) is 7.14. The Labute approximate surface area is 128 Å². The van der Waals surface area contributed by atoms with E-state index in [4.69, 9.17) is 0 Å². The number of nitrogens with zero attached hydrogens (tertiary/aromatic N) is 2. The monoisotopic (exact) mass is 294 g/mol. The lowest BCUT2D eigenvalue weighted by Crippen LogP contribution is -2.48. The molecule has 4 atom stereocenters. The van der Waals surface area contributed by atoms with Gasteiger partial charge in [-0.25, -0.2) is 4.99 Å². The molecule has 1 amide bonds. The highest BCUT2D eigenvalue weighted by atomic mass is 16.2. The van der Waals surface area contributed by atoms with Gasteiger partial charge in [-0.2, -0.15) is 0 Å². The van der Waals surface area contributed by atoms with Gasteiger partial charge in [0.05, 0.1) is 0 Å². The van der Waals surface area contributed by atoms with Gasteiger partial charge in [0.1, 0.15) is 6.54 Å². The fraction of sp³-hybridized carbons (Fsp3) is 0.875. The van der Waals surface area contributed by atoms with Crippen LogP contribution in [-0.2, 0) is 4.79 Å². The molecular weight excluding hydrogens is 264 g/mol. The summed E-state index contributed by atoms with van der Waals surface area (Å²) in [6.07, 6.45) is 6.29. The van der Waals surface area contributed by atoms with E-state index in [1.165, 1.54) is 32.1 Å². The Hall–Kier alpha value is -1.26. The topological polar surface area (TPSA) is 56.7 Å². The van der Waals surface area contributed by atoms with Crippen LogP contribution in [0.4, 0.5) is 0 Å². The summed E-state index contributed by atoms with van der Waals surface area (Å²) >= 11 is 0. The van der Waals surface area contributed by atoms with E-state index in [0.29, 0.717) is 23.9 Å². The minimum Gasteiger partial charge on any atom is -0.353 e. The Kier molecular flexibility index (Phi) is 5.48. The lowest BCUT2D eigenvalue weighted by Gasteiger charge is -2.31. The fourth-order valence-electron chi connectivity index (χ4n) is 2.83. The average Bonchev–Trinajstić information content (AvgIpc) is 3.13. The van der Waals surface area contributed by atoms with E-state index < -0.39 is 0 Å². The van der Waals surface area contributed by atoms with Crippen molar-refractivity contribution < 1.29 is 4.79 Å². The first-order valence-electron chi connectivity index (χ1n) is 8.25. The maximum atomic E-state index is 11.7. The lowest BCUT2D eigenvalue weighted by atomic mass is 9.86. The average molecular weight is 294 g/mol. The summed E-state index contributed by atoms with van der Waals surface area (Å²) in [7, 11) is 3.54. The number of likely N-dealkylation sites (N-methyl/N-ethyl adjacent to an activating group) is 1. The second-order valence-corrected chi connectivity index (χ2v) is 6.93. The molecule has 4 unspecified atom stereocenters. The summed E-state index contributed by atoms with van der Waals surface area (Å²) < 4.78 is 0. The van der Waals surface area contributed by atoms with Gasteiger partial charge >= 0.3 is 0 Å². The molecule has 21 heavy (non-hydrogen) atoms. The Balaban J connectivity index is 1.94. The molecule has 0 spiro atoms. The third kappa shape index (κ3) is 4.90. The second-order valence-electron chi connectivity index (χ2n) is 6.93. The van der Waals surface area contributed by atoms with Gasteiger partial charge in [-0.15, -0.1) is 0 Å². The molecule has 0 bridgehead atoms. The molecule has 2 N–H and O–H groups in total. The van der Waals surface area contributed by atoms with Crippen LogP contribution in [0.15, 0.2) is 4.99 Å². The molecule has 0 aromatic heterocycles. The molecular formula is C16H30N4O. The van der Waals surface area contributed by atoms with Crippen molar-refractivity contribution in [2.24, 2.45) is 16.8 Å². The van der Waals surface area contributed by atoms with Gasteiger partial charge in [-0.05, 0) is 31.1 Å². The number of guanidine groups is 1. The van der Waals surface area contributed by atoms with Crippen LogP contribution in [0.2, 0.25) is 0 Å². The molecule has 5 heteroatoms. The quantitative estimate of drug-likeness (QED) is 0.611. The van der Waals surface area contributed by atoms with Crippen LogP contribution in [0.1, 0.15) is 46.0 Å². The number of carbonyl (C=O) groups is 1. The van der Waals surface area contributed by atoms with Crippen molar-refractivity contribution in [1.29, 1.82) is 0 Å². The van der Waals surface area contributed by atoms with E-state index in [1.807, 2.05) is 0 Å². The molecule has 0 heterocycles. The van der Waals surface area contributed by atoms with Crippen LogP contribution in [0, 0.1) is 11.8 Å². The Morgan fingerprint density at radius 1 is 1.10 bits per heavy atom. The number of carbonyl (C=O) groups excluding carboxylic acids is 1. The summed E-state index contributed by atoms with van der Waals surface area (Å²) in [4.78, 5) is 17.8. The van der Waals surface area contributed by atoms with Crippen LogP contribution in [-0.4, -0.2) is 49.5 Å². The van der Waals surface area contributed by atoms with Gasteiger partial charge in [0.2, 0.25) is 5.91 Å². The minimum atomic E-state index is 0.0386. The zero-order valence-electron chi connectivity index (χ0n) is 13.9. The predicted molar refractivity (Wildman–Crippen MR) is 86.3 cm³/mol. The smallest absolute Gasteiger partial charge is 0.243 e. The van der Waals surface area contributed by atoms with Gasteiger partial charge in [0.15, 0.2) is 5.96 Å². The lowest BCUT2D eigenvalue weighted by molar-refractivity contribution is -0.127. The number of aliphatic imine (C=N–C) groups is 1. The zero-order valence-corrected chi connectivity index (χ0v) is 13.9. The number of nitrogens with one attached hydrogen (secondary N) is 2. The molecule has 0 aromatic carbocycles. The van der Waals surface area contributed by atoms with Crippen LogP contribution >= 0.6 is 0 Å². The maximum absolute atomic E-state index is 11.7. The van der Waals surface area contributed by atoms with Crippen molar-refractivity contribution in [3.05, 3.63) is 0 Å². The highest BCUT2D eigenvalue weighted by molar-refractivity contribution is 5.85. The molecule has 0 radical (unpaired) electrons. The molecule has 0 saturated heterocycles. The first kappa shape index (κ1) is 16.1. The van der Waals surface area contributed by atoms with Crippen LogP contribution in [0.5, 0.6) is 0 Å². The van der Waals surface area contributed by atoms with Crippen molar-refractivity contribution in [3.8, 4) is 0 Å². The van der Waals surface area contributed by atoms with Gasteiger partial charge < -0.3 is 15.5 Å². The Bertz CT molecular complexity index is 394. The van der Waals surface area contributed by atoms with E-state index >= 15 is 0 Å². The maximum Gasteiger partial charge on any atom is 0.243 e. The van der Waals surface area contributed by atoms with Crippen LogP contribution in [0.25, 0.3) is 0 Å². The molecule has 2 aliphatic rings. The number of hydrogen-bond donors (Lipinski definition) is 2. The van der Waals surface area contributed by atoms with E-state index in [2.05, 4.69) is 29.5 Å². The van der Waals surface area contributed by atoms with Gasteiger partial charge in [-0.1, -0.05) is 26.7 Å². The summed E-state index contributed by atoms with van der Waals surface area (Å²) in [6, 6.07) is 0.998. The fourth-order valence-corrected chi connectivity index (χ4v) is 2.83. The van der Waals surface area contributed by atoms with Crippen molar-refractivity contribution in [3.63, 3.8) is 0 Å². The Morgan fingerprint density at radius 2 is 1.71 bits per heavy atom. The normalized spacial score (nSPS) is 32.5. The summed E-state index contributed by atoms with van der Waals surface area (Å²) in [5.74, 6) is 2.24. The standard InChI is InChI=1S/C16H30N4O/c1-11-7-5-6-8-13(11)18-16(19-14-9-12(14)2)17-10-15(21)20(3)4/h11-14H,5-10H2,1-4H3,(H2,17,18,19). The van der Waals surface area contributed by atoms with Gasteiger partial charge in [0, 0.05) is 26.2 Å². The molecule has 2 aliphatic carbocycles. The molecule has 0 aliphatic heterocycles. The van der Waals surface area contributed by atoms with Gasteiger partial charge in [-0.3, -0.25) is 4.79 Å². The minimum absolute atomic E-state index is 0.0386. The SMILES string of the molecule is CC1CCCCC1NC(=NCC(=O)N(C)C)NC1CC1C. The summed E-state index contributed by atoms with van der Waals surface area (Å²) in [5, 5.41) is 7.03. The number of amides is 1. The zero-order chi connectivity index (χ0) is 15.4. The highest BCUT2D eigenvalue weighted by Gasteiger charge is 2.34. The van der Waals surface area contributed by atoms with Crippen molar-refractivity contribution >= 4 is 11.9 Å². The molecule has 2 fully saturated rings. The molecule has 120 valence electrons. The Morgan fingerprint density at radius 3 is 2.29 bits per heavy atom. The van der Waals surface area contributed by atoms with Crippen LogP contribution in [0.3, 0.4) is 0 Å². The predicted octanol–water partition coefficient (Wildman–Crippen LogP) is 1.60. The van der Waals surface area contributed by atoms with E-state index in [1.54, 1.807) is 19.0 Å². The first-order valence-corrected chi connectivity index (χ1v) is 8.25. The van der Waals surface area contributed by atoms with Crippen molar-refractivity contribution in [2.45, 2.75) is 58.0 Å².